The van der Waals surface area contributed by atoms with Crippen molar-refractivity contribution in [2.75, 3.05) is 40.9 Å². The van der Waals surface area contributed by atoms with Crippen LogP contribution in [0.2, 0.25) is 0 Å². The quantitative estimate of drug-likeness (QED) is 0.0205. The summed E-state index contributed by atoms with van der Waals surface area (Å²) in [6.07, 6.45) is 66.1. The largest absolute Gasteiger partial charge is 0.472 e. The van der Waals surface area contributed by atoms with Gasteiger partial charge in [0.1, 0.15) is 19.3 Å². The van der Waals surface area contributed by atoms with E-state index in [4.69, 9.17) is 13.8 Å². The number of nitrogens with one attached hydrogen (secondary N) is 1. The fourth-order valence-corrected chi connectivity index (χ4v) is 9.06. The Kier molecular flexibility index (Phi) is 50.1. The number of nitrogens with zero attached hydrogens (tertiary/aromatic N) is 1. The number of allylic oxidation sites excluding steroid dienone is 11. The first-order valence-electron chi connectivity index (χ1n) is 29.8. The predicted molar refractivity (Wildman–Crippen MR) is 309 cm³/mol. The van der Waals surface area contributed by atoms with Gasteiger partial charge in [0, 0.05) is 12.8 Å². The van der Waals surface area contributed by atoms with Crippen molar-refractivity contribution in [2.24, 2.45) is 0 Å². The maximum Gasteiger partial charge on any atom is 0.472 e. The molecule has 0 rings (SSSR count). The highest BCUT2D eigenvalue weighted by Crippen LogP contribution is 2.43. The molecule has 3 unspecified atom stereocenters. The summed E-state index contributed by atoms with van der Waals surface area (Å²) in [5.41, 5.74) is 0. The van der Waals surface area contributed by atoms with E-state index in [2.05, 4.69) is 86.8 Å². The van der Waals surface area contributed by atoms with E-state index in [9.17, 15) is 19.0 Å². The van der Waals surface area contributed by atoms with Gasteiger partial charge in [-0.2, -0.15) is 0 Å². The summed E-state index contributed by atoms with van der Waals surface area (Å²) < 4.78 is 30.6. The zero-order chi connectivity index (χ0) is 52.9. The minimum absolute atomic E-state index is 0.0356. The molecule has 0 fully saturated rings. The van der Waals surface area contributed by atoms with Gasteiger partial charge in [-0.05, 0) is 76.7 Å². The van der Waals surface area contributed by atoms with Crippen molar-refractivity contribution in [2.45, 2.75) is 270 Å². The van der Waals surface area contributed by atoms with Crippen LogP contribution in [0.4, 0.5) is 0 Å². The van der Waals surface area contributed by atoms with Crippen LogP contribution >= 0.6 is 7.82 Å². The molecule has 0 aromatic carbocycles. The fraction of sp³-hybridized carbons (Fsp3) is 0.774. The topological polar surface area (TPSA) is 111 Å². The van der Waals surface area contributed by atoms with Crippen molar-refractivity contribution in [1.29, 1.82) is 0 Å². The highest BCUT2D eigenvalue weighted by atomic mass is 31.2. The molecule has 0 radical (unpaired) electrons. The van der Waals surface area contributed by atoms with Gasteiger partial charge >= 0.3 is 13.8 Å². The third-order valence-electron chi connectivity index (χ3n) is 12.9. The highest BCUT2D eigenvalue weighted by Gasteiger charge is 2.30. The van der Waals surface area contributed by atoms with Gasteiger partial charge in [-0.25, -0.2) is 4.57 Å². The van der Waals surface area contributed by atoms with Crippen molar-refractivity contribution in [1.82, 2.24) is 5.32 Å². The number of phosphoric acid groups is 1. The van der Waals surface area contributed by atoms with E-state index in [0.29, 0.717) is 23.9 Å². The maximum absolute atomic E-state index is 13.5. The number of phosphoric ester groups is 1. The summed E-state index contributed by atoms with van der Waals surface area (Å²) in [7, 11) is 1.48. The van der Waals surface area contributed by atoms with E-state index in [1.807, 2.05) is 33.3 Å². The number of quaternary nitrogens is 1. The molecule has 0 aromatic heterocycles. The Hall–Kier alpha value is -2.55. The molecular formula is C62H114N2O7P+. The summed E-state index contributed by atoms with van der Waals surface area (Å²) in [6.45, 7) is 6.88. The molecular weight excluding hydrogens is 916 g/mol. The smallest absolute Gasteiger partial charge is 0.456 e. The SMILES string of the molecule is CC/C=C\C/C=C\C/C=C\C/C=C\C/C=C\CCCCCCCC(=O)OC(/C=C/CCCCCCCCCCC)C(COP(=O)(O)OCC[N+](C)(C)C)NC(=O)CCCCCCCCCCCCCCCC. The van der Waals surface area contributed by atoms with Crippen LogP contribution < -0.4 is 5.32 Å². The van der Waals surface area contributed by atoms with Gasteiger partial charge in [0.05, 0.1) is 33.8 Å². The third-order valence-corrected chi connectivity index (χ3v) is 13.9. The number of carbonyl (C=O) groups is 2. The highest BCUT2D eigenvalue weighted by molar-refractivity contribution is 7.47. The standard InChI is InChI=1S/C62H113N2O7P/c1-7-10-13-16-19-22-25-27-29-30-31-32-33-34-35-37-40-43-46-49-52-55-62(66)71-60(53-50-47-44-41-38-24-21-18-15-12-9-3)59(58-70-72(67,68)69-57-56-64(4,5)6)63-61(65)54-51-48-45-42-39-36-28-26-23-20-17-14-11-8-2/h10,13,19,22,27,29,31-32,34-35,50,53,59-60H,7-9,11-12,14-18,20-21,23-26,28,30,33,36-49,51-52,54-58H2,1-6H3,(H-,63,65,67,68)/p+1/b13-10-,22-19-,29-27-,32-31-,35-34-,53-50+. The number of hydrogen-bond acceptors (Lipinski definition) is 6. The molecule has 0 heterocycles. The minimum atomic E-state index is -4.45. The fourth-order valence-electron chi connectivity index (χ4n) is 8.32. The Morgan fingerprint density at radius 3 is 1.33 bits per heavy atom. The van der Waals surface area contributed by atoms with E-state index < -0.39 is 20.0 Å². The second-order valence-corrected chi connectivity index (χ2v) is 22.6. The lowest BCUT2D eigenvalue weighted by Gasteiger charge is -2.27. The van der Waals surface area contributed by atoms with Gasteiger partial charge in [-0.1, -0.05) is 242 Å². The summed E-state index contributed by atoms with van der Waals surface area (Å²) in [5, 5.41) is 3.04. The van der Waals surface area contributed by atoms with Gasteiger partial charge in [0.25, 0.3) is 0 Å². The Balaban J connectivity index is 5.28. The summed E-state index contributed by atoms with van der Waals surface area (Å²) in [4.78, 5) is 37.6. The van der Waals surface area contributed by atoms with Gasteiger partial charge < -0.3 is 19.4 Å². The molecule has 418 valence electrons. The maximum atomic E-state index is 13.5. The number of unbranched alkanes of at least 4 members (excludes halogenated alkanes) is 27. The minimum Gasteiger partial charge on any atom is -0.456 e. The second kappa shape index (κ2) is 51.9. The van der Waals surface area contributed by atoms with Crippen LogP contribution in [-0.2, 0) is 27.9 Å². The first kappa shape index (κ1) is 69.5. The average Bonchev–Trinajstić information content (AvgIpc) is 3.34. The second-order valence-electron chi connectivity index (χ2n) is 21.1. The van der Waals surface area contributed by atoms with Gasteiger partial charge in [0.15, 0.2) is 0 Å². The molecule has 72 heavy (non-hydrogen) atoms. The number of hydrogen-bond donors (Lipinski definition) is 2. The Bertz CT molecular complexity index is 1460. The summed E-state index contributed by atoms with van der Waals surface area (Å²) in [6, 6.07) is -0.856. The molecule has 0 saturated heterocycles. The van der Waals surface area contributed by atoms with Crippen LogP contribution in [0.3, 0.4) is 0 Å². The number of rotatable bonds is 53. The van der Waals surface area contributed by atoms with Gasteiger partial charge in [0.2, 0.25) is 5.91 Å². The Labute approximate surface area is 444 Å². The van der Waals surface area contributed by atoms with E-state index in [1.165, 1.54) is 116 Å². The normalized spacial score (nSPS) is 14.3. The Morgan fingerprint density at radius 1 is 0.500 bits per heavy atom. The molecule has 0 aromatic rings. The lowest BCUT2D eigenvalue weighted by Crippen LogP contribution is -2.47. The van der Waals surface area contributed by atoms with E-state index in [-0.39, 0.29) is 31.5 Å². The van der Waals surface area contributed by atoms with E-state index in [1.54, 1.807) is 0 Å². The lowest BCUT2D eigenvalue weighted by molar-refractivity contribution is -0.870. The van der Waals surface area contributed by atoms with E-state index in [0.717, 1.165) is 103 Å². The summed E-state index contributed by atoms with van der Waals surface area (Å²) >= 11 is 0. The van der Waals surface area contributed by atoms with Crippen molar-refractivity contribution < 1.29 is 37.3 Å². The van der Waals surface area contributed by atoms with Crippen LogP contribution in [0.1, 0.15) is 258 Å². The monoisotopic (exact) mass is 1030 g/mol. The average molecular weight is 1030 g/mol. The summed E-state index contributed by atoms with van der Waals surface area (Å²) in [5.74, 6) is -0.525. The zero-order valence-corrected chi connectivity index (χ0v) is 48.6. The molecule has 2 N–H and O–H groups in total. The molecule has 3 atom stereocenters. The zero-order valence-electron chi connectivity index (χ0n) is 47.7. The Morgan fingerprint density at radius 2 is 0.889 bits per heavy atom. The lowest BCUT2D eigenvalue weighted by atomic mass is 10.0. The molecule has 1 amide bonds. The van der Waals surface area contributed by atoms with Crippen LogP contribution in [0.5, 0.6) is 0 Å². The molecule has 0 aliphatic carbocycles. The molecule has 9 nitrogen and oxygen atoms in total. The van der Waals surface area contributed by atoms with Crippen molar-refractivity contribution in [3.8, 4) is 0 Å². The molecule has 0 aliphatic rings. The van der Waals surface area contributed by atoms with Crippen LogP contribution in [0.25, 0.3) is 0 Å². The first-order chi connectivity index (χ1) is 34.9. The van der Waals surface area contributed by atoms with Crippen molar-refractivity contribution in [3.63, 3.8) is 0 Å². The molecule has 0 aliphatic heterocycles. The number of carbonyl (C=O) groups excluding carboxylic acids is 2. The van der Waals surface area contributed by atoms with Crippen LogP contribution in [0, 0.1) is 0 Å². The van der Waals surface area contributed by atoms with Gasteiger partial charge in [-0.3, -0.25) is 18.6 Å². The van der Waals surface area contributed by atoms with Gasteiger partial charge in [-0.15, -0.1) is 0 Å². The van der Waals surface area contributed by atoms with E-state index >= 15 is 0 Å². The van der Waals surface area contributed by atoms with Crippen LogP contribution in [0.15, 0.2) is 72.9 Å². The van der Waals surface area contributed by atoms with Crippen LogP contribution in [-0.4, -0.2) is 74.3 Å². The number of ether oxygens (including phenoxy) is 1. The number of amides is 1. The first-order valence-corrected chi connectivity index (χ1v) is 31.3. The molecule has 10 heteroatoms. The molecule has 0 saturated carbocycles. The number of likely N-dealkylation sites (N-methyl/N-ethyl adjacent to an activating group) is 1. The van der Waals surface area contributed by atoms with Crippen molar-refractivity contribution in [3.05, 3.63) is 72.9 Å². The predicted octanol–water partition coefficient (Wildman–Crippen LogP) is 18.1. The number of esters is 1. The molecule has 0 spiro atoms. The molecule has 0 bridgehead atoms. The third kappa shape index (κ3) is 52.3. The van der Waals surface area contributed by atoms with Crippen molar-refractivity contribution >= 4 is 19.7 Å².